The number of nitrogens with zero attached hydrogens (tertiary/aromatic N) is 1. The number of nitrogens with one attached hydrogen (secondary N) is 1. The van der Waals surface area contributed by atoms with Gasteiger partial charge in [-0.1, -0.05) is 17.7 Å². The van der Waals surface area contributed by atoms with E-state index in [4.69, 9.17) is 4.74 Å². The number of rotatable bonds is 5. The van der Waals surface area contributed by atoms with Crippen LogP contribution in [-0.2, 0) is 0 Å². The van der Waals surface area contributed by atoms with Crippen LogP contribution in [0.3, 0.4) is 0 Å². The zero-order chi connectivity index (χ0) is 14.5. The van der Waals surface area contributed by atoms with Crippen molar-refractivity contribution in [3.05, 3.63) is 41.5 Å². The number of hydrogen-bond acceptors (Lipinski definition) is 3. The second-order valence-corrected chi connectivity index (χ2v) is 5.69. The van der Waals surface area contributed by atoms with E-state index in [0.29, 0.717) is 6.04 Å². The van der Waals surface area contributed by atoms with Gasteiger partial charge in [-0.3, -0.25) is 4.90 Å². The highest BCUT2D eigenvalue weighted by Gasteiger charge is 2.22. The van der Waals surface area contributed by atoms with E-state index >= 15 is 0 Å². The second kappa shape index (κ2) is 10.1. The van der Waals surface area contributed by atoms with Crippen molar-refractivity contribution < 1.29 is 4.74 Å². The van der Waals surface area contributed by atoms with Gasteiger partial charge in [-0.25, -0.2) is 0 Å². The van der Waals surface area contributed by atoms with Gasteiger partial charge in [-0.05, 0) is 37.5 Å². The van der Waals surface area contributed by atoms with Gasteiger partial charge in [0.2, 0.25) is 0 Å². The topological polar surface area (TPSA) is 24.5 Å². The normalized spacial score (nSPS) is 16.1. The Bertz CT molecular complexity index is 474. The average Bonchev–Trinajstić information content (AvgIpc) is 2.45. The zero-order valence-electron chi connectivity index (χ0n) is 13.7. The summed E-state index contributed by atoms with van der Waals surface area (Å²) in [5.74, 6) is 0.961. The lowest BCUT2D eigenvalue weighted by molar-refractivity contribution is 0.172. The lowest BCUT2D eigenvalue weighted by Crippen LogP contribution is -2.45. The molecule has 0 saturated carbocycles. The Kier molecular flexibility index (Phi) is 9.77. The van der Waals surface area contributed by atoms with Gasteiger partial charge in [-0.2, -0.15) is 0 Å². The molecule has 2 rings (SSSR count). The van der Waals surface area contributed by atoms with Gasteiger partial charge in [0.1, 0.15) is 5.75 Å². The molecule has 1 aliphatic rings. The van der Waals surface area contributed by atoms with Crippen molar-refractivity contribution in [3.8, 4) is 5.75 Å². The average molecular weight is 347 g/mol. The molecule has 22 heavy (non-hydrogen) atoms. The molecule has 126 valence electrons. The van der Waals surface area contributed by atoms with E-state index in [1.807, 2.05) is 0 Å². The summed E-state index contributed by atoms with van der Waals surface area (Å²) in [6.07, 6.45) is 1.02. The number of aryl methyl sites for hydroxylation is 1. The molecule has 0 radical (unpaired) electrons. The first-order valence-electron chi connectivity index (χ1n) is 7.35. The fourth-order valence-electron chi connectivity index (χ4n) is 2.89. The molecule has 1 saturated heterocycles. The molecule has 1 heterocycles. The lowest BCUT2D eigenvalue weighted by Gasteiger charge is -2.35. The molecule has 0 aliphatic carbocycles. The lowest BCUT2D eigenvalue weighted by atomic mass is 9.96. The van der Waals surface area contributed by atoms with Crippen molar-refractivity contribution in [1.29, 1.82) is 0 Å². The number of benzene rings is 1. The van der Waals surface area contributed by atoms with Crippen molar-refractivity contribution in [1.82, 2.24) is 10.2 Å². The van der Waals surface area contributed by atoms with Crippen LogP contribution in [0.4, 0.5) is 0 Å². The van der Waals surface area contributed by atoms with Crippen molar-refractivity contribution in [2.24, 2.45) is 0 Å². The molecule has 0 bridgehead atoms. The minimum absolute atomic E-state index is 0. The number of piperazine rings is 1. The largest absolute Gasteiger partial charge is 0.496 e. The van der Waals surface area contributed by atoms with Crippen LogP contribution in [0, 0.1) is 6.92 Å². The third kappa shape index (κ3) is 5.47. The molecular formula is C17H28Cl2N2O. The summed E-state index contributed by atoms with van der Waals surface area (Å²) in [6, 6.07) is 6.97. The molecular weight excluding hydrogens is 319 g/mol. The quantitative estimate of drug-likeness (QED) is 0.821. The van der Waals surface area contributed by atoms with Gasteiger partial charge in [0.15, 0.2) is 0 Å². The van der Waals surface area contributed by atoms with Crippen molar-refractivity contribution in [3.63, 3.8) is 0 Å². The Morgan fingerprint density at radius 1 is 1.32 bits per heavy atom. The predicted molar refractivity (Wildman–Crippen MR) is 98.8 cm³/mol. The van der Waals surface area contributed by atoms with Crippen LogP contribution in [-0.4, -0.2) is 38.2 Å². The molecule has 1 fully saturated rings. The SMILES string of the molecule is C=C(C)C[C@@H](c1ccc(OC)c(C)c1)N1CCNCC1.Cl.Cl. The first-order valence-corrected chi connectivity index (χ1v) is 7.35. The maximum Gasteiger partial charge on any atom is 0.121 e. The highest BCUT2D eigenvalue weighted by atomic mass is 35.5. The summed E-state index contributed by atoms with van der Waals surface area (Å²) < 4.78 is 5.37. The monoisotopic (exact) mass is 346 g/mol. The van der Waals surface area contributed by atoms with E-state index in [2.05, 4.69) is 48.8 Å². The molecule has 0 unspecified atom stereocenters. The Morgan fingerprint density at radius 2 is 1.95 bits per heavy atom. The van der Waals surface area contributed by atoms with Crippen LogP contribution in [0.1, 0.15) is 30.5 Å². The summed E-state index contributed by atoms with van der Waals surface area (Å²) in [6.45, 7) is 12.7. The van der Waals surface area contributed by atoms with Gasteiger partial charge in [0, 0.05) is 32.2 Å². The van der Waals surface area contributed by atoms with Crippen LogP contribution < -0.4 is 10.1 Å². The summed E-state index contributed by atoms with van der Waals surface area (Å²) in [7, 11) is 1.73. The van der Waals surface area contributed by atoms with Crippen LogP contribution in [0.25, 0.3) is 0 Å². The third-order valence-electron chi connectivity index (χ3n) is 3.94. The third-order valence-corrected chi connectivity index (χ3v) is 3.94. The van der Waals surface area contributed by atoms with Gasteiger partial charge in [0.05, 0.1) is 7.11 Å². The molecule has 5 heteroatoms. The minimum Gasteiger partial charge on any atom is -0.496 e. The second-order valence-electron chi connectivity index (χ2n) is 5.69. The van der Waals surface area contributed by atoms with E-state index in [-0.39, 0.29) is 24.8 Å². The van der Waals surface area contributed by atoms with Crippen molar-refractivity contribution in [2.75, 3.05) is 33.3 Å². The summed E-state index contributed by atoms with van der Waals surface area (Å²) in [4.78, 5) is 2.56. The molecule has 1 aliphatic heterocycles. The Hall–Kier alpha value is -0.740. The smallest absolute Gasteiger partial charge is 0.121 e. The molecule has 0 spiro atoms. The first-order chi connectivity index (χ1) is 9.61. The Morgan fingerprint density at radius 3 is 2.45 bits per heavy atom. The van der Waals surface area contributed by atoms with E-state index in [1.165, 1.54) is 16.7 Å². The van der Waals surface area contributed by atoms with Crippen molar-refractivity contribution in [2.45, 2.75) is 26.3 Å². The summed E-state index contributed by atoms with van der Waals surface area (Å²) >= 11 is 0. The number of methoxy groups -OCH3 is 1. The molecule has 1 atom stereocenters. The number of ether oxygens (including phenoxy) is 1. The highest BCUT2D eigenvalue weighted by molar-refractivity contribution is 5.85. The molecule has 3 nitrogen and oxygen atoms in total. The fraction of sp³-hybridized carbons (Fsp3) is 0.529. The molecule has 1 aromatic rings. The van der Waals surface area contributed by atoms with Crippen molar-refractivity contribution >= 4 is 24.8 Å². The standard InChI is InChI=1S/C17H26N2O.2ClH/c1-13(2)11-16(19-9-7-18-8-10-19)15-5-6-17(20-4)14(3)12-15;;/h5-6,12,16,18H,1,7-11H2,2-4H3;2*1H/t16-;;/m0../s1. The van der Waals surface area contributed by atoms with Gasteiger partial charge >= 0.3 is 0 Å². The zero-order valence-corrected chi connectivity index (χ0v) is 15.4. The molecule has 1 N–H and O–H groups in total. The van der Waals surface area contributed by atoms with E-state index < -0.39 is 0 Å². The fourth-order valence-corrected chi connectivity index (χ4v) is 2.89. The summed E-state index contributed by atoms with van der Waals surface area (Å²) in [5, 5.41) is 3.42. The minimum atomic E-state index is 0. The van der Waals surface area contributed by atoms with Gasteiger partial charge in [0.25, 0.3) is 0 Å². The van der Waals surface area contributed by atoms with Crippen LogP contribution >= 0.6 is 24.8 Å². The maximum absolute atomic E-state index is 5.37. The first kappa shape index (κ1) is 21.3. The van der Waals surface area contributed by atoms with Gasteiger partial charge in [-0.15, -0.1) is 31.4 Å². The Labute approximate surface area is 146 Å². The molecule has 1 aromatic carbocycles. The van der Waals surface area contributed by atoms with Crippen LogP contribution in [0.5, 0.6) is 5.75 Å². The maximum atomic E-state index is 5.37. The van der Waals surface area contributed by atoms with E-state index in [9.17, 15) is 0 Å². The van der Waals surface area contributed by atoms with Gasteiger partial charge < -0.3 is 10.1 Å². The number of halogens is 2. The van der Waals surface area contributed by atoms with E-state index in [0.717, 1.165) is 38.3 Å². The molecule has 0 aromatic heterocycles. The van der Waals surface area contributed by atoms with Crippen LogP contribution in [0.2, 0.25) is 0 Å². The predicted octanol–water partition coefficient (Wildman–Crippen LogP) is 3.76. The molecule has 0 amide bonds. The Balaban J connectivity index is 0.00000220. The highest BCUT2D eigenvalue weighted by Crippen LogP contribution is 2.30. The number of hydrogen-bond donors (Lipinski definition) is 1. The van der Waals surface area contributed by atoms with E-state index in [1.54, 1.807) is 7.11 Å². The van der Waals surface area contributed by atoms with Crippen LogP contribution in [0.15, 0.2) is 30.4 Å². The summed E-state index contributed by atoms with van der Waals surface area (Å²) in [5.41, 5.74) is 3.81.